The molecule has 2 rings (SSSR count). The van der Waals surface area contributed by atoms with Crippen molar-refractivity contribution in [1.82, 2.24) is 10.6 Å². The summed E-state index contributed by atoms with van der Waals surface area (Å²) in [6, 6.07) is 12.7. The van der Waals surface area contributed by atoms with Crippen LogP contribution in [0.2, 0.25) is 0 Å². The molecule has 0 saturated carbocycles. The van der Waals surface area contributed by atoms with Crippen LogP contribution in [0.5, 0.6) is 5.75 Å². The molecule has 0 fully saturated rings. The van der Waals surface area contributed by atoms with Gasteiger partial charge in [0.05, 0.1) is 13.5 Å². The minimum Gasteiger partial charge on any atom is -0.497 e. The van der Waals surface area contributed by atoms with Gasteiger partial charge in [-0.1, -0.05) is 30.3 Å². The monoisotopic (exact) mass is 613 g/mol. The smallest absolute Gasteiger partial charge is 0.408 e. The molecule has 2 aromatic carbocycles. The Morgan fingerprint density at radius 3 is 1.89 bits per heavy atom. The Morgan fingerprint density at radius 2 is 1.32 bits per heavy atom. The number of alkyl carbamates (subject to hydrolysis) is 1. The molecule has 0 aliphatic heterocycles. The maximum Gasteiger partial charge on any atom is 0.408 e. The topological polar surface area (TPSA) is 158 Å². The van der Waals surface area contributed by atoms with E-state index in [4.69, 9.17) is 18.9 Å². The molecule has 0 aliphatic carbocycles. The number of ether oxygens (including phenoxy) is 4. The van der Waals surface area contributed by atoms with E-state index in [0.717, 1.165) is 0 Å². The standard InChI is InChI=1S/C32H43N3O9/c1-31(2,3)43-26(36)18-17-24(28(38)33-22-13-15-23(41-7)16-14-22)34-29(39)25(19-27(37)44-32(4,5)6)35-30(40)42-20-21-11-9-8-10-12-21/h8-16,24-25H,17-20H2,1-7H3,(H,33,38)(H,34,39)(H,35,40)/t24-,25-/m0/s1. The van der Waals surface area contributed by atoms with Crippen LogP contribution in [-0.2, 0) is 40.0 Å². The molecule has 44 heavy (non-hydrogen) atoms. The van der Waals surface area contributed by atoms with Gasteiger partial charge in [0.15, 0.2) is 0 Å². The van der Waals surface area contributed by atoms with Crippen LogP contribution in [0.15, 0.2) is 54.6 Å². The van der Waals surface area contributed by atoms with E-state index in [-0.39, 0.29) is 19.4 Å². The fourth-order valence-electron chi connectivity index (χ4n) is 3.77. The van der Waals surface area contributed by atoms with Gasteiger partial charge in [-0.05, 0) is 77.8 Å². The third-order valence-electron chi connectivity index (χ3n) is 5.66. The zero-order valence-electron chi connectivity index (χ0n) is 26.4. The van der Waals surface area contributed by atoms with Gasteiger partial charge < -0.3 is 34.9 Å². The molecule has 2 aromatic rings. The maximum atomic E-state index is 13.5. The zero-order valence-corrected chi connectivity index (χ0v) is 26.4. The second-order valence-corrected chi connectivity index (χ2v) is 12.0. The van der Waals surface area contributed by atoms with Crippen molar-refractivity contribution in [1.29, 1.82) is 0 Å². The molecule has 0 radical (unpaired) electrons. The van der Waals surface area contributed by atoms with Gasteiger partial charge in [0.25, 0.3) is 0 Å². The number of methoxy groups -OCH3 is 1. The first-order chi connectivity index (χ1) is 20.5. The number of carbonyl (C=O) groups is 5. The van der Waals surface area contributed by atoms with Crippen molar-refractivity contribution in [2.24, 2.45) is 0 Å². The van der Waals surface area contributed by atoms with Crippen LogP contribution in [0.4, 0.5) is 10.5 Å². The fraction of sp³-hybridized carbons (Fsp3) is 0.469. The summed E-state index contributed by atoms with van der Waals surface area (Å²) in [5.74, 6) is -2.23. The Balaban J connectivity index is 2.22. The number of benzene rings is 2. The highest BCUT2D eigenvalue weighted by Crippen LogP contribution is 2.17. The lowest BCUT2D eigenvalue weighted by atomic mass is 10.1. The third kappa shape index (κ3) is 14.0. The summed E-state index contributed by atoms with van der Waals surface area (Å²) >= 11 is 0. The summed E-state index contributed by atoms with van der Waals surface area (Å²) in [7, 11) is 1.51. The van der Waals surface area contributed by atoms with Crippen molar-refractivity contribution in [3.8, 4) is 5.75 Å². The van der Waals surface area contributed by atoms with E-state index in [2.05, 4.69) is 16.0 Å². The van der Waals surface area contributed by atoms with Crippen molar-refractivity contribution < 1.29 is 42.9 Å². The molecular formula is C32H43N3O9. The Labute approximate surface area is 258 Å². The van der Waals surface area contributed by atoms with Gasteiger partial charge in [0.1, 0.15) is 35.6 Å². The summed E-state index contributed by atoms with van der Waals surface area (Å²) < 4.78 is 21.1. The first kappa shape index (κ1) is 35.6. The second-order valence-electron chi connectivity index (χ2n) is 12.0. The molecule has 240 valence electrons. The summed E-state index contributed by atoms with van der Waals surface area (Å²) in [6.07, 6.45) is -1.81. The van der Waals surface area contributed by atoms with Crippen LogP contribution in [0.1, 0.15) is 66.4 Å². The molecule has 12 nitrogen and oxygen atoms in total. The van der Waals surface area contributed by atoms with Gasteiger partial charge in [0, 0.05) is 12.1 Å². The van der Waals surface area contributed by atoms with E-state index >= 15 is 0 Å². The van der Waals surface area contributed by atoms with E-state index in [1.165, 1.54) is 7.11 Å². The van der Waals surface area contributed by atoms with Crippen LogP contribution < -0.4 is 20.7 Å². The largest absolute Gasteiger partial charge is 0.497 e. The lowest BCUT2D eigenvalue weighted by Crippen LogP contribution is -2.53. The normalized spacial score (nSPS) is 12.6. The predicted molar refractivity (Wildman–Crippen MR) is 163 cm³/mol. The minimum atomic E-state index is -1.45. The van der Waals surface area contributed by atoms with Gasteiger partial charge in [0.2, 0.25) is 11.8 Å². The van der Waals surface area contributed by atoms with E-state index in [1.807, 2.05) is 6.07 Å². The van der Waals surface area contributed by atoms with Gasteiger partial charge in [-0.15, -0.1) is 0 Å². The molecular weight excluding hydrogens is 570 g/mol. The van der Waals surface area contributed by atoms with Gasteiger partial charge in [-0.2, -0.15) is 0 Å². The molecule has 0 spiro atoms. The third-order valence-corrected chi connectivity index (χ3v) is 5.66. The lowest BCUT2D eigenvalue weighted by Gasteiger charge is -2.25. The summed E-state index contributed by atoms with van der Waals surface area (Å²) in [5.41, 5.74) is -0.461. The van der Waals surface area contributed by atoms with Crippen LogP contribution >= 0.6 is 0 Å². The van der Waals surface area contributed by atoms with Crippen molar-refractivity contribution in [2.75, 3.05) is 12.4 Å². The zero-order chi connectivity index (χ0) is 32.9. The number of nitrogens with one attached hydrogen (secondary N) is 3. The minimum absolute atomic E-state index is 0.0732. The molecule has 0 saturated heterocycles. The quantitative estimate of drug-likeness (QED) is 0.222. The summed E-state index contributed by atoms with van der Waals surface area (Å²) in [4.78, 5) is 64.5. The van der Waals surface area contributed by atoms with Crippen LogP contribution in [0.3, 0.4) is 0 Å². The lowest BCUT2D eigenvalue weighted by molar-refractivity contribution is -0.156. The number of anilines is 1. The van der Waals surface area contributed by atoms with Crippen molar-refractivity contribution >= 4 is 35.5 Å². The van der Waals surface area contributed by atoms with Gasteiger partial charge in [-0.25, -0.2) is 4.79 Å². The Kier molecular flexibility index (Phi) is 13.2. The van der Waals surface area contributed by atoms with Crippen LogP contribution in [-0.4, -0.2) is 60.2 Å². The molecule has 12 heteroatoms. The van der Waals surface area contributed by atoms with Crippen LogP contribution in [0.25, 0.3) is 0 Å². The molecule has 0 heterocycles. The van der Waals surface area contributed by atoms with E-state index in [1.54, 1.807) is 90.1 Å². The number of carbonyl (C=O) groups excluding carboxylic acids is 5. The van der Waals surface area contributed by atoms with Gasteiger partial charge >= 0.3 is 18.0 Å². The average Bonchev–Trinajstić information content (AvgIpc) is 2.92. The highest BCUT2D eigenvalue weighted by molar-refractivity contribution is 5.99. The number of esters is 2. The van der Waals surface area contributed by atoms with E-state index in [0.29, 0.717) is 17.0 Å². The molecule has 0 unspecified atom stereocenters. The average molecular weight is 614 g/mol. The summed E-state index contributed by atoms with van der Waals surface area (Å²) in [6.45, 7) is 10.1. The van der Waals surface area contributed by atoms with E-state index < -0.39 is 59.6 Å². The Morgan fingerprint density at radius 1 is 0.727 bits per heavy atom. The first-order valence-corrected chi connectivity index (χ1v) is 14.2. The molecule has 3 N–H and O–H groups in total. The molecule has 0 bridgehead atoms. The highest BCUT2D eigenvalue weighted by atomic mass is 16.6. The fourth-order valence-corrected chi connectivity index (χ4v) is 3.77. The Bertz CT molecular complexity index is 1270. The maximum absolute atomic E-state index is 13.5. The van der Waals surface area contributed by atoms with Crippen molar-refractivity contribution in [3.63, 3.8) is 0 Å². The predicted octanol–water partition coefficient (Wildman–Crippen LogP) is 4.27. The molecule has 0 aromatic heterocycles. The number of rotatable bonds is 13. The highest BCUT2D eigenvalue weighted by Gasteiger charge is 2.31. The van der Waals surface area contributed by atoms with Crippen molar-refractivity contribution in [2.45, 2.75) is 90.7 Å². The Hall–Kier alpha value is -4.61. The molecule has 0 aliphatic rings. The number of hydrogen-bond donors (Lipinski definition) is 3. The van der Waals surface area contributed by atoms with Crippen LogP contribution in [0, 0.1) is 0 Å². The van der Waals surface area contributed by atoms with Gasteiger partial charge in [-0.3, -0.25) is 19.2 Å². The SMILES string of the molecule is COc1ccc(NC(=O)[C@H](CCC(=O)OC(C)(C)C)NC(=O)[C@H](CC(=O)OC(C)(C)C)NC(=O)OCc2ccccc2)cc1. The first-order valence-electron chi connectivity index (χ1n) is 14.2. The molecule has 3 amide bonds. The number of amides is 3. The van der Waals surface area contributed by atoms with Crippen molar-refractivity contribution in [3.05, 3.63) is 60.2 Å². The number of hydrogen-bond acceptors (Lipinski definition) is 9. The van der Waals surface area contributed by atoms with E-state index in [9.17, 15) is 24.0 Å². The second kappa shape index (κ2) is 16.3. The molecule has 2 atom stereocenters. The summed E-state index contributed by atoms with van der Waals surface area (Å²) in [5, 5.41) is 7.65.